The number of benzene rings is 1. The van der Waals surface area contributed by atoms with Crippen LogP contribution in [0.4, 0.5) is 8.78 Å². The van der Waals surface area contributed by atoms with Crippen LogP contribution in [0.3, 0.4) is 0 Å². The van der Waals surface area contributed by atoms with Gasteiger partial charge in [-0.05, 0) is 31.2 Å². The van der Waals surface area contributed by atoms with Gasteiger partial charge in [0.15, 0.2) is 0 Å². The van der Waals surface area contributed by atoms with Gasteiger partial charge in [-0.2, -0.15) is 8.78 Å². The number of amides is 1. The van der Waals surface area contributed by atoms with Crippen molar-refractivity contribution in [3.63, 3.8) is 0 Å². The minimum Gasteiger partial charge on any atom is -0.466 e. The summed E-state index contributed by atoms with van der Waals surface area (Å²) in [6, 6.07) is 8.43. The molecule has 0 fully saturated rings. The zero-order valence-electron chi connectivity index (χ0n) is 12.3. The third-order valence-corrected chi connectivity index (χ3v) is 4.56. The first-order chi connectivity index (χ1) is 10.8. The van der Waals surface area contributed by atoms with Crippen molar-refractivity contribution in [1.82, 2.24) is 5.32 Å². The van der Waals surface area contributed by atoms with E-state index in [1.165, 1.54) is 18.2 Å². The Morgan fingerprint density at radius 3 is 2.52 bits per heavy atom. The molecule has 1 heterocycles. The monoisotopic (exact) mass is 343 g/mol. The summed E-state index contributed by atoms with van der Waals surface area (Å²) < 4.78 is 53.9. The molecule has 0 aliphatic heterocycles. The van der Waals surface area contributed by atoms with Crippen LogP contribution >= 0.6 is 0 Å². The van der Waals surface area contributed by atoms with Gasteiger partial charge in [0.05, 0.1) is 10.5 Å². The molecule has 2 rings (SSSR count). The SMILES string of the molecule is Cc1ccc(CCNC(=O)c2ccccc2S(=O)(=O)C(F)F)o1. The molecule has 2 aromatic rings. The van der Waals surface area contributed by atoms with Crippen LogP contribution in [0, 0.1) is 6.92 Å². The summed E-state index contributed by atoms with van der Waals surface area (Å²) in [5, 5.41) is 2.50. The van der Waals surface area contributed by atoms with E-state index in [1.807, 2.05) is 0 Å². The van der Waals surface area contributed by atoms with Crippen LogP contribution in [0.25, 0.3) is 0 Å². The number of nitrogens with one attached hydrogen (secondary N) is 1. The van der Waals surface area contributed by atoms with Gasteiger partial charge in [0, 0.05) is 13.0 Å². The van der Waals surface area contributed by atoms with E-state index < -0.39 is 26.4 Å². The molecule has 0 unspecified atom stereocenters. The molecule has 0 saturated heterocycles. The summed E-state index contributed by atoms with van der Waals surface area (Å²) in [5.74, 6) is -2.91. The molecule has 1 aromatic carbocycles. The molecular weight excluding hydrogens is 328 g/mol. The summed E-state index contributed by atoms with van der Waals surface area (Å²) >= 11 is 0. The molecule has 0 bridgehead atoms. The van der Waals surface area contributed by atoms with Crippen LogP contribution in [0.5, 0.6) is 0 Å². The highest BCUT2D eigenvalue weighted by atomic mass is 32.2. The van der Waals surface area contributed by atoms with E-state index in [2.05, 4.69) is 5.32 Å². The minimum absolute atomic E-state index is 0.189. The predicted octanol–water partition coefficient (Wildman–Crippen LogP) is 2.56. The Labute approximate surface area is 132 Å². The molecule has 1 aromatic heterocycles. The van der Waals surface area contributed by atoms with E-state index in [9.17, 15) is 22.0 Å². The lowest BCUT2D eigenvalue weighted by atomic mass is 10.2. The first kappa shape index (κ1) is 17.1. The van der Waals surface area contributed by atoms with Crippen molar-refractivity contribution in [2.75, 3.05) is 6.54 Å². The molecule has 23 heavy (non-hydrogen) atoms. The lowest BCUT2D eigenvalue weighted by Crippen LogP contribution is -2.28. The molecule has 5 nitrogen and oxygen atoms in total. The third kappa shape index (κ3) is 3.95. The van der Waals surface area contributed by atoms with Crippen molar-refractivity contribution in [3.05, 3.63) is 53.5 Å². The second-order valence-corrected chi connectivity index (χ2v) is 6.71. The van der Waals surface area contributed by atoms with Crippen molar-refractivity contribution in [3.8, 4) is 0 Å². The number of halogens is 2. The Balaban J connectivity index is 2.11. The summed E-state index contributed by atoms with van der Waals surface area (Å²) in [6.07, 6.45) is 0.406. The first-order valence-electron chi connectivity index (χ1n) is 6.77. The molecule has 0 saturated carbocycles. The van der Waals surface area contributed by atoms with E-state index in [-0.39, 0.29) is 12.1 Å². The average Bonchev–Trinajstić information content (AvgIpc) is 2.92. The predicted molar refractivity (Wildman–Crippen MR) is 79.1 cm³/mol. The van der Waals surface area contributed by atoms with Crippen molar-refractivity contribution in [2.45, 2.75) is 24.0 Å². The van der Waals surface area contributed by atoms with Crippen molar-refractivity contribution in [1.29, 1.82) is 0 Å². The quantitative estimate of drug-likeness (QED) is 0.874. The fourth-order valence-corrected chi connectivity index (χ4v) is 2.94. The van der Waals surface area contributed by atoms with Gasteiger partial charge in [-0.3, -0.25) is 4.79 Å². The van der Waals surface area contributed by atoms with Crippen molar-refractivity contribution < 1.29 is 26.4 Å². The number of rotatable bonds is 6. The number of furan rings is 1. The Hall–Kier alpha value is -2.22. The van der Waals surface area contributed by atoms with Gasteiger partial charge in [-0.15, -0.1) is 0 Å². The molecule has 1 N–H and O–H groups in total. The lowest BCUT2D eigenvalue weighted by molar-refractivity contribution is 0.0950. The first-order valence-corrected chi connectivity index (χ1v) is 8.31. The maximum Gasteiger partial charge on any atom is 0.341 e. The van der Waals surface area contributed by atoms with E-state index in [4.69, 9.17) is 4.42 Å². The number of hydrogen-bond acceptors (Lipinski definition) is 4. The van der Waals surface area contributed by atoms with Crippen LogP contribution in [0.15, 0.2) is 45.7 Å². The maximum atomic E-state index is 12.7. The van der Waals surface area contributed by atoms with Crippen molar-refractivity contribution in [2.24, 2.45) is 0 Å². The van der Waals surface area contributed by atoms with Gasteiger partial charge < -0.3 is 9.73 Å². The molecule has 0 aliphatic rings. The Morgan fingerprint density at radius 1 is 1.22 bits per heavy atom. The molecule has 1 amide bonds. The summed E-state index contributed by atoms with van der Waals surface area (Å²) in [5.41, 5.74) is -0.302. The number of aryl methyl sites for hydroxylation is 1. The van der Waals surface area contributed by atoms with Gasteiger partial charge in [-0.1, -0.05) is 12.1 Å². The molecule has 8 heteroatoms. The zero-order valence-corrected chi connectivity index (χ0v) is 13.1. The number of alkyl halides is 2. The topological polar surface area (TPSA) is 76.4 Å². The van der Waals surface area contributed by atoms with Gasteiger partial charge in [0.25, 0.3) is 5.91 Å². The number of hydrogen-bond donors (Lipinski definition) is 1. The number of sulfone groups is 1. The van der Waals surface area contributed by atoms with E-state index in [0.29, 0.717) is 12.2 Å². The summed E-state index contributed by atoms with van der Waals surface area (Å²) in [7, 11) is -4.84. The van der Waals surface area contributed by atoms with Crippen molar-refractivity contribution >= 4 is 15.7 Å². The molecule has 0 spiro atoms. The van der Waals surface area contributed by atoms with Gasteiger partial charge in [-0.25, -0.2) is 8.42 Å². The van der Waals surface area contributed by atoms with Crippen LogP contribution in [-0.2, 0) is 16.3 Å². The zero-order chi connectivity index (χ0) is 17.0. The van der Waals surface area contributed by atoms with Crippen LogP contribution in [0.1, 0.15) is 21.9 Å². The van der Waals surface area contributed by atoms with Gasteiger partial charge >= 0.3 is 5.76 Å². The molecule has 0 radical (unpaired) electrons. The Kier molecular flexibility index (Phi) is 5.15. The highest BCUT2D eigenvalue weighted by Gasteiger charge is 2.30. The third-order valence-electron chi connectivity index (χ3n) is 3.13. The molecule has 124 valence electrons. The highest BCUT2D eigenvalue weighted by molar-refractivity contribution is 7.91. The molecule has 0 atom stereocenters. The largest absolute Gasteiger partial charge is 0.466 e. The fraction of sp³-hybridized carbons (Fsp3) is 0.267. The normalized spacial score (nSPS) is 11.7. The minimum atomic E-state index is -4.84. The second kappa shape index (κ2) is 6.91. The smallest absolute Gasteiger partial charge is 0.341 e. The summed E-state index contributed by atoms with van der Waals surface area (Å²) in [6.45, 7) is 1.97. The van der Waals surface area contributed by atoms with Gasteiger partial charge in [0.1, 0.15) is 11.5 Å². The summed E-state index contributed by atoms with van der Waals surface area (Å²) in [4.78, 5) is 11.4. The van der Waals surface area contributed by atoms with E-state index >= 15 is 0 Å². The van der Waals surface area contributed by atoms with Crippen LogP contribution in [0.2, 0.25) is 0 Å². The Bertz CT molecular complexity index is 799. The molecular formula is C15H15F2NO4S. The standard InChI is InChI=1S/C15H15F2NO4S/c1-10-6-7-11(22-10)8-9-18-14(19)12-4-2-3-5-13(12)23(20,21)15(16)17/h2-7,15H,8-9H2,1H3,(H,18,19). The Morgan fingerprint density at radius 2 is 1.91 bits per heavy atom. The fourth-order valence-electron chi connectivity index (χ4n) is 2.01. The maximum absolute atomic E-state index is 12.7. The number of carbonyl (C=O) groups excluding carboxylic acids is 1. The van der Waals surface area contributed by atoms with Crippen LogP contribution in [-0.4, -0.2) is 26.6 Å². The van der Waals surface area contributed by atoms with E-state index in [0.717, 1.165) is 11.8 Å². The number of carbonyl (C=O) groups is 1. The average molecular weight is 343 g/mol. The second-order valence-electron chi connectivity index (χ2n) is 4.82. The van der Waals surface area contributed by atoms with Gasteiger partial charge in [0.2, 0.25) is 9.84 Å². The van der Waals surface area contributed by atoms with Crippen LogP contribution < -0.4 is 5.32 Å². The molecule has 0 aliphatic carbocycles. The lowest BCUT2D eigenvalue weighted by Gasteiger charge is -2.10. The highest BCUT2D eigenvalue weighted by Crippen LogP contribution is 2.22. The van der Waals surface area contributed by atoms with E-state index in [1.54, 1.807) is 19.1 Å².